The first-order valence-electron chi connectivity index (χ1n) is 14.1. The number of aryl methyl sites for hydroxylation is 2. The molecule has 2 nitrogen and oxygen atoms in total. The fourth-order valence-corrected chi connectivity index (χ4v) is 7.05. The van der Waals surface area contributed by atoms with E-state index in [1.165, 1.54) is 77.2 Å². The van der Waals surface area contributed by atoms with E-state index in [-0.39, 0.29) is 0 Å². The summed E-state index contributed by atoms with van der Waals surface area (Å²) in [6, 6.07) is 49.1. The molecule has 1 aliphatic carbocycles. The topological polar surface area (TPSA) is 9.86 Å². The average Bonchev–Trinajstić information content (AvgIpc) is 3.54. The van der Waals surface area contributed by atoms with Gasteiger partial charge in [-0.3, -0.25) is 0 Å². The lowest BCUT2D eigenvalue weighted by atomic mass is 9.85. The molecular weight excluding hydrogens is 484 g/mol. The van der Waals surface area contributed by atoms with Gasteiger partial charge >= 0.3 is 0 Å². The van der Waals surface area contributed by atoms with Crippen molar-refractivity contribution in [2.24, 2.45) is 0 Å². The third kappa shape index (κ3) is 2.99. The molecule has 0 fully saturated rings. The summed E-state index contributed by atoms with van der Waals surface area (Å²) in [6.07, 6.45) is 2.09. The van der Waals surface area contributed by atoms with E-state index < -0.39 is 0 Å². The zero-order valence-corrected chi connectivity index (χ0v) is 22.0. The van der Waals surface area contributed by atoms with Gasteiger partial charge in [0.2, 0.25) is 0 Å². The molecule has 0 radical (unpaired) electrons. The van der Waals surface area contributed by atoms with Gasteiger partial charge in [-0.2, -0.15) is 0 Å². The Bertz CT molecular complexity index is 2010. The number of nitrogens with zero attached hydrogens (tertiary/aromatic N) is 2. The van der Waals surface area contributed by atoms with E-state index in [9.17, 15) is 0 Å². The standard InChI is InChI=1S/C38H26N2/c1-5-13-35-31(9-1)32-10-2-6-14-36(32)39(35)27-19-21-29-25(23-27)17-18-26-24-28(20-22-30(26)29)40-37-15-7-3-11-33(37)34-12-4-8-16-38(34)40/h1-16,19-24H,17-18H2. The maximum atomic E-state index is 2.42. The number of fused-ring (bicyclic) bond motifs is 9. The predicted molar refractivity (Wildman–Crippen MR) is 168 cm³/mol. The Hall–Kier alpha value is -5.08. The SMILES string of the molecule is c1ccc2c(c1)c1ccccc1n2-c1ccc2c(c1)CCc1cc(-n3c4ccccc4c4ccccc43)ccc1-2. The summed E-state index contributed by atoms with van der Waals surface area (Å²) in [5.41, 5.74) is 13.1. The van der Waals surface area contributed by atoms with Crippen LogP contribution in [0.15, 0.2) is 133 Å². The van der Waals surface area contributed by atoms with Gasteiger partial charge in [0.15, 0.2) is 0 Å². The summed E-state index contributed by atoms with van der Waals surface area (Å²) >= 11 is 0. The van der Waals surface area contributed by atoms with Crippen molar-refractivity contribution in [3.05, 3.63) is 145 Å². The summed E-state index contributed by atoms with van der Waals surface area (Å²) in [5.74, 6) is 0. The minimum atomic E-state index is 1.05. The lowest BCUT2D eigenvalue weighted by Crippen LogP contribution is -2.07. The van der Waals surface area contributed by atoms with Crippen molar-refractivity contribution in [2.45, 2.75) is 12.8 Å². The minimum Gasteiger partial charge on any atom is -0.309 e. The van der Waals surface area contributed by atoms with E-state index in [1.807, 2.05) is 0 Å². The number of benzene rings is 6. The van der Waals surface area contributed by atoms with Crippen LogP contribution in [0.3, 0.4) is 0 Å². The molecule has 9 rings (SSSR count). The van der Waals surface area contributed by atoms with Crippen LogP contribution < -0.4 is 0 Å². The number of para-hydroxylation sites is 4. The van der Waals surface area contributed by atoms with E-state index in [2.05, 4.69) is 143 Å². The third-order valence-electron chi connectivity index (χ3n) is 8.81. The van der Waals surface area contributed by atoms with Crippen LogP contribution in [0.2, 0.25) is 0 Å². The van der Waals surface area contributed by atoms with Gasteiger partial charge in [-0.15, -0.1) is 0 Å². The molecule has 0 saturated heterocycles. The molecule has 0 unspecified atom stereocenters. The number of hydrogen-bond donors (Lipinski definition) is 0. The number of hydrogen-bond acceptors (Lipinski definition) is 0. The van der Waals surface area contributed by atoms with E-state index >= 15 is 0 Å². The first-order valence-corrected chi connectivity index (χ1v) is 14.1. The van der Waals surface area contributed by atoms with E-state index in [0.29, 0.717) is 0 Å². The Morgan fingerprint density at radius 3 is 1.02 bits per heavy atom. The van der Waals surface area contributed by atoms with Crippen LogP contribution in [0.4, 0.5) is 0 Å². The molecule has 8 aromatic rings. The van der Waals surface area contributed by atoms with Gasteiger partial charge in [0.25, 0.3) is 0 Å². The lowest BCUT2D eigenvalue weighted by molar-refractivity contribution is 0.935. The average molecular weight is 511 g/mol. The Kier molecular flexibility index (Phi) is 4.48. The molecule has 188 valence electrons. The Morgan fingerprint density at radius 1 is 0.350 bits per heavy atom. The lowest BCUT2D eigenvalue weighted by Gasteiger charge is -2.22. The van der Waals surface area contributed by atoms with Crippen LogP contribution in [0, 0.1) is 0 Å². The maximum absolute atomic E-state index is 2.42. The van der Waals surface area contributed by atoms with E-state index in [4.69, 9.17) is 0 Å². The van der Waals surface area contributed by atoms with Crippen molar-refractivity contribution in [3.63, 3.8) is 0 Å². The molecule has 0 atom stereocenters. The summed E-state index contributed by atoms with van der Waals surface area (Å²) in [7, 11) is 0. The first kappa shape index (κ1) is 21.8. The van der Waals surface area contributed by atoms with Crippen molar-refractivity contribution in [2.75, 3.05) is 0 Å². The summed E-state index contributed by atoms with van der Waals surface area (Å²) in [4.78, 5) is 0. The van der Waals surface area contributed by atoms with Gasteiger partial charge in [-0.25, -0.2) is 0 Å². The fourth-order valence-electron chi connectivity index (χ4n) is 7.05. The molecule has 0 aliphatic heterocycles. The van der Waals surface area contributed by atoms with Crippen LogP contribution >= 0.6 is 0 Å². The Balaban J connectivity index is 1.19. The molecule has 40 heavy (non-hydrogen) atoms. The molecule has 2 heteroatoms. The molecule has 6 aromatic carbocycles. The van der Waals surface area contributed by atoms with Gasteiger partial charge in [-0.1, -0.05) is 84.9 Å². The van der Waals surface area contributed by atoms with E-state index in [1.54, 1.807) is 0 Å². The third-order valence-corrected chi connectivity index (χ3v) is 8.81. The molecule has 0 bridgehead atoms. The van der Waals surface area contributed by atoms with E-state index in [0.717, 1.165) is 12.8 Å². The smallest absolute Gasteiger partial charge is 0.0541 e. The second kappa shape index (κ2) is 8.21. The molecule has 1 aliphatic rings. The highest BCUT2D eigenvalue weighted by Crippen LogP contribution is 2.39. The van der Waals surface area contributed by atoms with Crippen LogP contribution in [0.1, 0.15) is 11.1 Å². The van der Waals surface area contributed by atoms with Crippen LogP contribution in [0.5, 0.6) is 0 Å². The molecule has 2 heterocycles. The molecule has 2 aromatic heterocycles. The quantitative estimate of drug-likeness (QED) is 0.219. The van der Waals surface area contributed by atoms with Gasteiger partial charge in [0.1, 0.15) is 0 Å². The van der Waals surface area contributed by atoms with Crippen molar-refractivity contribution >= 4 is 43.6 Å². The summed E-state index contributed by atoms with van der Waals surface area (Å²) in [6.45, 7) is 0. The monoisotopic (exact) mass is 510 g/mol. The van der Waals surface area contributed by atoms with Gasteiger partial charge in [-0.05, 0) is 83.6 Å². The van der Waals surface area contributed by atoms with Crippen molar-refractivity contribution in [3.8, 4) is 22.5 Å². The van der Waals surface area contributed by atoms with Gasteiger partial charge in [0, 0.05) is 32.9 Å². The van der Waals surface area contributed by atoms with Gasteiger partial charge in [0.05, 0.1) is 22.1 Å². The highest BCUT2D eigenvalue weighted by molar-refractivity contribution is 6.10. The Morgan fingerprint density at radius 2 is 0.675 bits per heavy atom. The van der Waals surface area contributed by atoms with Crippen molar-refractivity contribution in [1.82, 2.24) is 9.13 Å². The predicted octanol–water partition coefficient (Wildman–Crippen LogP) is 9.65. The van der Waals surface area contributed by atoms with Gasteiger partial charge < -0.3 is 9.13 Å². The second-order valence-corrected chi connectivity index (χ2v) is 10.9. The molecule has 0 N–H and O–H groups in total. The van der Waals surface area contributed by atoms with Crippen molar-refractivity contribution < 1.29 is 0 Å². The minimum absolute atomic E-state index is 1.05. The fraction of sp³-hybridized carbons (Fsp3) is 0.0526. The maximum Gasteiger partial charge on any atom is 0.0541 e. The van der Waals surface area contributed by atoms with Crippen LogP contribution in [-0.2, 0) is 12.8 Å². The molecular formula is C38H26N2. The summed E-state index contributed by atoms with van der Waals surface area (Å²) < 4.78 is 4.84. The Labute approximate surface area is 232 Å². The number of aromatic nitrogens is 2. The van der Waals surface area contributed by atoms with Crippen molar-refractivity contribution in [1.29, 1.82) is 0 Å². The second-order valence-electron chi connectivity index (χ2n) is 10.9. The molecule has 0 spiro atoms. The largest absolute Gasteiger partial charge is 0.309 e. The van der Waals surface area contributed by atoms with Crippen LogP contribution in [-0.4, -0.2) is 9.13 Å². The van der Waals surface area contributed by atoms with Crippen LogP contribution in [0.25, 0.3) is 66.1 Å². The highest BCUT2D eigenvalue weighted by Gasteiger charge is 2.20. The zero-order valence-electron chi connectivity index (χ0n) is 22.0. The zero-order chi connectivity index (χ0) is 26.2. The molecule has 0 saturated carbocycles. The number of rotatable bonds is 2. The first-order chi connectivity index (χ1) is 19.8. The summed E-state index contributed by atoms with van der Waals surface area (Å²) in [5, 5.41) is 5.22. The normalized spacial score (nSPS) is 12.8. The highest BCUT2D eigenvalue weighted by atomic mass is 15.0. The molecule has 0 amide bonds.